The van der Waals surface area contributed by atoms with E-state index in [1.54, 1.807) is 0 Å². The van der Waals surface area contributed by atoms with Gasteiger partial charge >= 0.3 is 0 Å². The number of hydrogen-bond donors (Lipinski definition) is 2. The largest absolute Gasteiger partial charge is 0.394 e. The monoisotopic (exact) mass is 885 g/mol. The number of benzene rings is 6. The lowest BCUT2D eigenvalue weighted by atomic mass is 9.73. The van der Waals surface area contributed by atoms with Crippen molar-refractivity contribution in [2.75, 3.05) is 11.9 Å². The molecule has 0 spiro atoms. The molecular weight excluding hydrogens is 823 g/mol. The topological polar surface area (TPSA) is 124 Å². The number of rotatable bonds is 19. The van der Waals surface area contributed by atoms with Crippen LogP contribution in [0.15, 0.2) is 188 Å². The van der Waals surface area contributed by atoms with Gasteiger partial charge in [0.1, 0.15) is 11.2 Å². The van der Waals surface area contributed by atoms with Crippen LogP contribution in [0.1, 0.15) is 63.8 Å². The molecule has 0 heterocycles. The van der Waals surface area contributed by atoms with Gasteiger partial charge in [0.25, 0.3) is 8.32 Å². The van der Waals surface area contributed by atoms with E-state index in [-0.39, 0.29) is 26.4 Å². The number of allylic oxidation sites excluding steroid dienone is 1. The molecule has 0 amide bonds. The molecule has 1 fully saturated rings. The highest BCUT2D eigenvalue weighted by atomic mass is 28.4. The molecule has 336 valence electrons. The van der Waals surface area contributed by atoms with Gasteiger partial charge in [0.05, 0.1) is 50.2 Å². The lowest BCUT2D eigenvalue weighted by molar-refractivity contribution is -0.218. The molecule has 10 heteroatoms. The molecule has 6 aromatic rings. The first kappa shape index (κ1) is 47.2. The van der Waals surface area contributed by atoms with Gasteiger partial charge in [-0.1, -0.05) is 202 Å². The predicted molar refractivity (Wildman–Crippen MR) is 266 cm³/mol. The van der Waals surface area contributed by atoms with Crippen LogP contribution < -0.4 is 21.4 Å². The molecule has 0 aromatic heterocycles. The van der Waals surface area contributed by atoms with Crippen molar-refractivity contribution in [1.29, 1.82) is 0 Å². The zero-order chi connectivity index (χ0) is 46.1. The maximum absolute atomic E-state index is 10.8. The van der Waals surface area contributed by atoms with Gasteiger partial charge in [-0.3, -0.25) is 0 Å². The first-order chi connectivity index (χ1) is 31.3. The fourth-order valence-corrected chi connectivity index (χ4v) is 14.6. The second kappa shape index (κ2) is 20.1. The Kier molecular flexibility index (Phi) is 14.6. The first-order valence-electron chi connectivity index (χ1n) is 22.4. The van der Waals surface area contributed by atoms with Crippen LogP contribution in [-0.2, 0) is 38.5 Å². The van der Waals surface area contributed by atoms with Gasteiger partial charge in [-0.15, -0.1) is 0 Å². The number of anilines is 1. The second-order valence-corrected chi connectivity index (χ2v) is 22.7. The highest BCUT2D eigenvalue weighted by molar-refractivity contribution is 6.99. The fraction of sp³-hybridized carbons (Fsp3) is 0.309. The molecule has 7 rings (SSSR count). The number of hydrogen-bond acceptors (Lipinski definition) is 7. The summed E-state index contributed by atoms with van der Waals surface area (Å²) >= 11 is 0. The van der Waals surface area contributed by atoms with Crippen molar-refractivity contribution in [2.24, 2.45) is 10.8 Å². The number of azide groups is 1. The summed E-state index contributed by atoms with van der Waals surface area (Å²) in [6.07, 6.45) is -0.774. The zero-order valence-electron chi connectivity index (χ0n) is 38.6. The van der Waals surface area contributed by atoms with Crippen LogP contribution in [0, 0.1) is 0 Å². The fourth-order valence-electron chi connectivity index (χ4n) is 9.79. The highest BCUT2D eigenvalue weighted by Gasteiger charge is 2.79. The number of nitrogens with zero attached hydrogens (tertiary/aromatic N) is 3. The minimum Gasteiger partial charge on any atom is -0.394 e. The minimum atomic E-state index is -3.57. The van der Waals surface area contributed by atoms with E-state index >= 15 is 0 Å². The van der Waals surface area contributed by atoms with Crippen molar-refractivity contribution < 1.29 is 18.6 Å². The molecule has 0 radical (unpaired) electrons. The van der Waals surface area contributed by atoms with Crippen LogP contribution >= 0.6 is 0 Å². The molecule has 0 saturated heterocycles. The van der Waals surface area contributed by atoms with E-state index in [0.29, 0.717) is 0 Å². The number of nitrogens with two attached hydrogens (primary N) is 1. The molecule has 0 bridgehead atoms. The third kappa shape index (κ3) is 9.35. The first-order valence-corrected chi connectivity index (χ1v) is 24.3. The van der Waals surface area contributed by atoms with Gasteiger partial charge < -0.3 is 29.7 Å². The van der Waals surface area contributed by atoms with Crippen molar-refractivity contribution in [3.8, 4) is 0 Å². The molecule has 6 aromatic carbocycles. The van der Waals surface area contributed by atoms with Crippen molar-refractivity contribution in [3.63, 3.8) is 0 Å². The summed E-state index contributed by atoms with van der Waals surface area (Å²) in [5, 5.41) is 10.3. The van der Waals surface area contributed by atoms with E-state index in [2.05, 4.69) is 92.2 Å². The number of nitrogens with one attached hydrogen (secondary N) is 1. The molecule has 9 nitrogen and oxygen atoms in total. The van der Waals surface area contributed by atoms with E-state index < -0.39 is 48.3 Å². The smallest absolute Gasteiger partial charge is 0.262 e. The highest BCUT2D eigenvalue weighted by Crippen LogP contribution is 2.57. The molecular formula is C55H63N5O4Si. The molecule has 3 N–H and O–H groups in total. The van der Waals surface area contributed by atoms with Crippen molar-refractivity contribution in [3.05, 3.63) is 215 Å². The Morgan fingerprint density at radius 1 is 0.754 bits per heavy atom. The second-order valence-electron chi connectivity index (χ2n) is 18.4. The molecule has 1 aliphatic carbocycles. The predicted octanol–water partition coefficient (Wildman–Crippen LogP) is 11.0. The van der Waals surface area contributed by atoms with Gasteiger partial charge in [-0.05, 0) is 76.1 Å². The SMILES string of the molecule is C=C(C)c1cccc(N[C@H]2[C@H](N=[N+]=[N-])[C@@](N)([C@H](C)OCc3ccccc3)[C@@](C)(OCc3ccccc3)[C@]2(COCc2ccccc2)O[Si](c2ccccc2)(c2ccccc2)C(C)(C)C)c1. The van der Waals surface area contributed by atoms with Gasteiger partial charge in [-0.2, -0.15) is 0 Å². The van der Waals surface area contributed by atoms with Crippen LogP contribution in [0.5, 0.6) is 0 Å². The molecule has 65 heavy (non-hydrogen) atoms. The summed E-state index contributed by atoms with van der Waals surface area (Å²) < 4.78 is 30.2. The quantitative estimate of drug-likeness (QED) is 0.0361. The van der Waals surface area contributed by atoms with Gasteiger partial charge in [0.15, 0.2) is 0 Å². The summed E-state index contributed by atoms with van der Waals surface area (Å²) in [4.78, 5) is 3.59. The maximum atomic E-state index is 10.8. The maximum Gasteiger partial charge on any atom is 0.262 e. The molecule has 1 aliphatic rings. The minimum absolute atomic E-state index is 0.0165. The van der Waals surface area contributed by atoms with E-state index in [1.165, 1.54) is 0 Å². The zero-order valence-corrected chi connectivity index (χ0v) is 39.6. The Labute approximate surface area is 386 Å². The van der Waals surface area contributed by atoms with Gasteiger partial charge in [-0.25, -0.2) is 0 Å². The standard InChI is InChI=1S/C55H63N5O4Si/c1-41(2)46-30-23-31-47(36-46)58-50-51(59-60-57)55(56,42(3)62-38-44-26-15-9-16-27-44)53(7,63-39-45-28-17-10-18-29-45)54(50,40-61-37-43-24-13-8-14-25-43)64-65(52(4,5)6,48-32-19-11-20-33-48)49-34-21-12-22-35-49/h8-36,42,50-51,58H,1,37-40,56H2,2-7H3/t42-,50-,51-,53-,54+,55-/m0/s1. The van der Waals surface area contributed by atoms with Crippen LogP contribution in [0.25, 0.3) is 16.0 Å². The average Bonchev–Trinajstić information content (AvgIpc) is 3.46. The normalized spacial score (nSPS) is 22.4. The average molecular weight is 886 g/mol. The van der Waals surface area contributed by atoms with Crippen molar-refractivity contribution >= 4 is 30.0 Å². The lowest BCUT2D eigenvalue weighted by Crippen LogP contribution is -2.79. The van der Waals surface area contributed by atoms with E-state index in [9.17, 15) is 5.53 Å². The van der Waals surface area contributed by atoms with Gasteiger partial charge in [0, 0.05) is 10.6 Å². The van der Waals surface area contributed by atoms with E-state index in [4.69, 9.17) is 29.5 Å². The Bertz CT molecular complexity index is 2480. The van der Waals surface area contributed by atoms with E-state index in [0.717, 1.165) is 43.9 Å². The van der Waals surface area contributed by atoms with Crippen molar-refractivity contribution in [2.45, 2.75) is 101 Å². The van der Waals surface area contributed by atoms with Crippen LogP contribution in [0.2, 0.25) is 5.04 Å². The Morgan fingerprint density at radius 2 is 1.25 bits per heavy atom. The van der Waals surface area contributed by atoms with Gasteiger partial charge in [0.2, 0.25) is 0 Å². The van der Waals surface area contributed by atoms with Crippen molar-refractivity contribution in [1.82, 2.24) is 0 Å². The molecule has 6 atom stereocenters. The molecule has 0 aliphatic heterocycles. The third-order valence-corrected chi connectivity index (χ3v) is 18.4. The Hall–Kier alpha value is -5.81. The summed E-state index contributed by atoms with van der Waals surface area (Å²) in [5.74, 6) is 0. The van der Waals surface area contributed by atoms with Crippen LogP contribution in [0.3, 0.4) is 0 Å². The Balaban J connectivity index is 1.57. The summed E-state index contributed by atoms with van der Waals surface area (Å²) in [7, 11) is -3.57. The summed E-state index contributed by atoms with van der Waals surface area (Å²) in [5.41, 5.74) is 19.9. The Morgan fingerprint density at radius 3 is 1.74 bits per heavy atom. The summed E-state index contributed by atoms with van der Waals surface area (Å²) in [6, 6.07) is 57.3. The lowest BCUT2D eigenvalue weighted by Gasteiger charge is -2.57. The third-order valence-electron chi connectivity index (χ3n) is 13.4. The summed E-state index contributed by atoms with van der Waals surface area (Å²) in [6.45, 7) is 17.6. The van der Waals surface area contributed by atoms with E-state index in [1.807, 2.05) is 142 Å². The van der Waals surface area contributed by atoms with Crippen LogP contribution in [0.4, 0.5) is 5.69 Å². The molecule has 1 saturated carbocycles. The number of ether oxygens (including phenoxy) is 3. The molecule has 0 unspecified atom stereocenters. The van der Waals surface area contributed by atoms with Crippen LogP contribution in [-0.4, -0.2) is 49.9 Å².